The second-order valence-electron chi connectivity index (χ2n) is 8.08. The maximum Gasteiger partial charge on any atom is 0.229 e. The quantitative estimate of drug-likeness (QED) is 0.712. The zero-order chi connectivity index (χ0) is 21.3. The monoisotopic (exact) mass is 407 g/mol. The molecule has 0 radical (unpaired) electrons. The van der Waals surface area contributed by atoms with Gasteiger partial charge in [-0.05, 0) is 56.9 Å². The Labute approximate surface area is 176 Å². The Kier molecular flexibility index (Phi) is 5.19. The van der Waals surface area contributed by atoms with Crippen molar-refractivity contribution in [2.75, 3.05) is 29.2 Å². The molecule has 0 saturated heterocycles. The van der Waals surface area contributed by atoms with E-state index < -0.39 is 5.66 Å². The van der Waals surface area contributed by atoms with Crippen molar-refractivity contribution in [2.45, 2.75) is 44.7 Å². The molecule has 5 N–H and O–H groups in total. The van der Waals surface area contributed by atoms with Gasteiger partial charge in [-0.3, -0.25) is 4.90 Å². The van der Waals surface area contributed by atoms with Crippen LogP contribution >= 0.6 is 0 Å². The first-order valence-corrected chi connectivity index (χ1v) is 10.3. The third-order valence-electron chi connectivity index (χ3n) is 5.53. The molecule has 4 rings (SSSR count). The third-order valence-corrected chi connectivity index (χ3v) is 5.53. The molecule has 158 valence electrons. The Bertz CT molecular complexity index is 972. The molecule has 1 aliphatic carbocycles. The number of aromatic nitrogens is 2. The Morgan fingerprint density at radius 2 is 1.73 bits per heavy atom. The van der Waals surface area contributed by atoms with Gasteiger partial charge in [0.25, 0.3) is 0 Å². The highest BCUT2D eigenvalue weighted by molar-refractivity contribution is 6.05. The van der Waals surface area contributed by atoms with Gasteiger partial charge in [-0.25, -0.2) is 9.98 Å². The number of hydrogen-bond acceptors (Lipinski definition) is 9. The fourth-order valence-corrected chi connectivity index (χ4v) is 4.15. The van der Waals surface area contributed by atoms with Crippen LogP contribution in [-0.2, 0) is 0 Å². The van der Waals surface area contributed by atoms with Crippen LogP contribution < -0.4 is 26.6 Å². The predicted octanol–water partition coefficient (Wildman–Crippen LogP) is 2.70. The second-order valence-corrected chi connectivity index (χ2v) is 8.08. The third kappa shape index (κ3) is 3.87. The number of nitrogens with zero attached hydrogens (tertiary/aromatic N) is 6. The molecule has 1 fully saturated rings. The number of hydrogen-bond donors (Lipinski definition) is 3. The summed E-state index contributed by atoms with van der Waals surface area (Å²) in [5, 5.41) is 3.28. The van der Waals surface area contributed by atoms with Crippen LogP contribution in [0, 0.1) is 6.92 Å². The zero-order valence-electron chi connectivity index (χ0n) is 17.8. The van der Waals surface area contributed by atoms with Gasteiger partial charge in [-0.2, -0.15) is 9.98 Å². The van der Waals surface area contributed by atoms with Crippen molar-refractivity contribution in [1.29, 1.82) is 0 Å². The number of benzene rings is 1. The molecule has 2 aliphatic rings. The van der Waals surface area contributed by atoms with E-state index in [4.69, 9.17) is 16.5 Å². The summed E-state index contributed by atoms with van der Waals surface area (Å²) in [6.45, 7) is 1.96. The molecule has 9 nitrogen and oxygen atoms in total. The fourth-order valence-electron chi connectivity index (χ4n) is 4.15. The molecule has 0 atom stereocenters. The molecule has 1 saturated carbocycles. The van der Waals surface area contributed by atoms with Crippen LogP contribution in [0.1, 0.15) is 37.8 Å². The summed E-state index contributed by atoms with van der Waals surface area (Å²) in [5.41, 5.74) is 14.6. The minimum absolute atomic E-state index is 0.261. The van der Waals surface area contributed by atoms with Crippen LogP contribution in [0.15, 0.2) is 40.3 Å². The highest BCUT2D eigenvalue weighted by atomic mass is 15.4. The Morgan fingerprint density at radius 1 is 1.03 bits per heavy atom. The molecule has 2 aromatic rings. The van der Waals surface area contributed by atoms with Gasteiger partial charge in [-0.1, -0.05) is 6.42 Å². The van der Waals surface area contributed by atoms with Crippen molar-refractivity contribution in [3.8, 4) is 0 Å². The molecule has 0 amide bonds. The molecular formula is C21H29N9. The van der Waals surface area contributed by atoms with Gasteiger partial charge < -0.3 is 21.7 Å². The van der Waals surface area contributed by atoms with Gasteiger partial charge >= 0.3 is 0 Å². The van der Waals surface area contributed by atoms with Crippen LogP contribution in [0.2, 0.25) is 0 Å². The first-order valence-electron chi connectivity index (χ1n) is 10.3. The zero-order valence-corrected chi connectivity index (χ0v) is 17.8. The molecule has 9 heteroatoms. The van der Waals surface area contributed by atoms with Crippen molar-refractivity contribution in [1.82, 2.24) is 9.97 Å². The van der Waals surface area contributed by atoms with Crippen LogP contribution in [0.25, 0.3) is 0 Å². The van der Waals surface area contributed by atoms with Gasteiger partial charge in [0.1, 0.15) is 11.5 Å². The second kappa shape index (κ2) is 7.81. The van der Waals surface area contributed by atoms with Crippen molar-refractivity contribution in [3.63, 3.8) is 0 Å². The van der Waals surface area contributed by atoms with E-state index in [9.17, 15) is 0 Å². The van der Waals surface area contributed by atoms with Gasteiger partial charge in [0.05, 0.1) is 0 Å². The lowest BCUT2D eigenvalue weighted by molar-refractivity contribution is 0.305. The molecule has 1 aliphatic heterocycles. The minimum atomic E-state index is -0.441. The standard InChI is InChI=1S/C21H29N9/c1-14-13-17(29(2)3)26-20(24-14)25-15-7-9-16(10-8-15)30-19(23)27-18(22)28-21(30)11-5-4-6-12-21/h7-10,13H,4-6,11-12H2,1-3H3,(H,24,25,26)(H4,22,23,27,28). The van der Waals surface area contributed by atoms with Gasteiger partial charge in [0, 0.05) is 37.2 Å². The molecule has 1 spiro atoms. The predicted molar refractivity (Wildman–Crippen MR) is 122 cm³/mol. The van der Waals surface area contributed by atoms with Crippen molar-refractivity contribution in [2.24, 2.45) is 21.5 Å². The summed E-state index contributed by atoms with van der Waals surface area (Å²) >= 11 is 0. The van der Waals surface area contributed by atoms with Gasteiger partial charge in [0.2, 0.25) is 17.9 Å². The van der Waals surface area contributed by atoms with E-state index in [1.807, 2.05) is 61.2 Å². The van der Waals surface area contributed by atoms with E-state index in [0.29, 0.717) is 11.9 Å². The molecule has 1 aromatic carbocycles. The number of nitrogens with two attached hydrogens (primary N) is 2. The number of aliphatic imine (C=N–C) groups is 2. The lowest BCUT2D eigenvalue weighted by Gasteiger charge is -2.45. The summed E-state index contributed by atoms with van der Waals surface area (Å²) in [4.78, 5) is 22.0. The molecular weight excluding hydrogens is 378 g/mol. The van der Waals surface area contributed by atoms with Gasteiger partial charge in [0.15, 0.2) is 0 Å². The molecule has 0 bridgehead atoms. The van der Waals surface area contributed by atoms with E-state index in [1.54, 1.807) is 0 Å². The molecule has 30 heavy (non-hydrogen) atoms. The van der Waals surface area contributed by atoms with E-state index in [0.717, 1.165) is 48.6 Å². The summed E-state index contributed by atoms with van der Waals surface area (Å²) in [6, 6.07) is 9.95. The summed E-state index contributed by atoms with van der Waals surface area (Å²) < 4.78 is 0. The topological polar surface area (TPSA) is 121 Å². The number of rotatable bonds is 4. The average Bonchev–Trinajstić information content (AvgIpc) is 2.69. The fraction of sp³-hybridized carbons (Fsp3) is 0.429. The van der Waals surface area contributed by atoms with E-state index in [-0.39, 0.29) is 5.96 Å². The lowest BCUT2D eigenvalue weighted by atomic mass is 9.87. The normalized spacial score (nSPS) is 18.0. The summed E-state index contributed by atoms with van der Waals surface area (Å²) in [5.74, 6) is 2.07. The Balaban J connectivity index is 1.59. The molecule has 1 aromatic heterocycles. The van der Waals surface area contributed by atoms with Crippen molar-refractivity contribution in [3.05, 3.63) is 36.0 Å². The van der Waals surface area contributed by atoms with E-state index in [2.05, 4.69) is 20.3 Å². The largest absolute Gasteiger partial charge is 0.369 e. The van der Waals surface area contributed by atoms with E-state index in [1.165, 1.54) is 6.42 Å². The first kappa shape index (κ1) is 19.9. The average molecular weight is 408 g/mol. The lowest BCUT2D eigenvalue weighted by Crippen LogP contribution is -2.58. The smallest absolute Gasteiger partial charge is 0.229 e. The van der Waals surface area contributed by atoms with Crippen molar-refractivity contribution >= 4 is 35.1 Å². The van der Waals surface area contributed by atoms with Crippen LogP contribution in [0.5, 0.6) is 0 Å². The number of aryl methyl sites for hydroxylation is 1. The van der Waals surface area contributed by atoms with E-state index >= 15 is 0 Å². The summed E-state index contributed by atoms with van der Waals surface area (Å²) in [7, 11) is 3.92. The SMILES string of the molecule is Cc1cc(N(C)C)nc(Nc2ccc(N3C(N)=NC(N)=NC34CCCCC4)cc2)n1. The number of nitrogens with one attached hydrogen (secondary N) is 1. The van der Waals surface area contributed by atoms with Gasteiger partial charge in [-0.15, -0.1) is 0 Å². The highest BCUT2D eigenvalue weighted by Gasteiger charge is 2.42. The van der Waals surface area contributed by atoms with Crippen molar-refractivity contribution < 1.29 is 0 Å². The molecule has 0 unspecified atom stereocenters. The number of guanidine groups is 2. The van der Waals surface area contributed by atoms with Crippen LogP contribution in [-0.4, -0.2) is 41.6 Å². The maximum absolute atomic E-state index is 6.30. The Hall–Kier alpha value is -3.36. The summed E-state index contributed by atoms with van der Waals surface area (Å²) in [6.07, 6.45) is 5.22. The minimum Gasteiger partial charge on any atom is -0.369 e. The van der Waals surface area contributed by atoms with Crippen LogP contribution in [0.3, 0.4) is 0 Å². The van der Waals surface area contributed by atoms with Crippen LogP contribution in [0.4, 0.5) is 23.1 Å². The Morgan fingerprint density at radius 3 is 2.40 bits per heavy atom. The maximum atomic E-state index is 6.30. The molecule has 2 heterocycles. The number of anilines is 4. The highest BCUT2D eigenvalue weighted by Crippen LogP contribution is 2.39. The first-order chi connectivity index (χ1) is 14.4.